The Bertz CT molecular complexity index is 1330. The first-order chi connectivity index (χ1) is 23.9. The average molecular weight is 700 g/mol. The number of benzene rings is 1. The zero-order valence-corrected chi connectivity index (χ0v) is 29.1. The Balaban J connectivity index is 1.38. The van der Waals surface area contributed by atoms with Crippen molar-refractivity contribution in [3.63, 3.8) is 0 Å². The lowest BCUT2D eigenvalue weighted by atomic mass is 9.81. The van der Waals surface area contributed by atoms with Gasteiger partial charge in [-0.25, -0.2) is 14.4 Å². The largest absolute Gasteiger partial charge is 0.479 e. The number of alkyl carbamates (subject to hydrolysis) is 1. The molecule has 3 aliphatic carbocycles. The van der Waals surface area contributed by atoms with Gasteiger partial charge in [-0.2, -0.15) is 0 Å². The Hall–Kier alpha value is -4.20. The summed E-state index contributed by atoms with van der Waals surface area (Å²) in [6, 6.07) is 4.34. The van der Waals surface area contributed by atoms with Crippen LogP contribution in [-0.2, 0) is 23.9 Å². The Morgan fingerprint density at radius 3 is 2.14 bits per heavy atom. The molecule has 14 nitrogen and oxygen atoms in total. The van der Waals surface area contributed by atoms with Crippen LogP contribution in [0.15, 0.2) is 30.3 Å². The molecule has 1 aromatic rings. The number of nitrogens with zero attached hydrogens (tertiary/aromatic N) is 1. The highest BCUT2D eigenvalue weighted by molar-refractivity contribution is 6.38. The molecule has 276 valence electrons. The van der Waals surface area contributed by atoms with Crippen molar-refractivity contribution in [2.45, 2.75) is 102 Å². The second kappa shape index (κ2) is 18.7. The number of hydrogen-bond donors (Lipinski definition) is 6. The van der Waals surface area contributed by atoms with Crippen molar-refractivity contribution in [2.75, 3.05) is 26.2 Å². The molecule has 0 radical (unpaired) electrons. The Morgan fingerprint density at radius 1 is 0.880 bits per heavy atom. The number of rotatable bonds is 19. The molecule has 5 amide bonds. The van der Waals surface area contributed by atoms with Crippen LogP contribution in [0.2, 0.25) is 0 Å². The van der Waals surface area contributed by atoms with Crippen LogP contribution in [0.3, 0.4) is 0 Å². The minimum atomic E-state index is -1.34. The quantitative estimate of drug-likeness (QED) is 0.117. The van der Waals surface area contributed by atoms with Crippen molar-refractivity contribution in [1.29, 1.82) is 0 Å². The number of hydrogen-bond acceptors (Lipinski definition) is 8. The lowest BCUT2D eigenvalue weighted by Crippen LogP contribution is -2.57. The highest BCUT2D eigenvalue weighted by Gasteiger charge is 2.38. The smallest absolute Gasteiger partial charge is 0.407 e. The molecule has 4 atom stereocenters. The van der Waals surface area contributed by atoms with Gasteiger partial charge in [-0.1, -0.05) is 76.3 Å². The van der Waals surface area contributed by atoms with E-state index in [0.717, 1.165) is 57.8 Å². The zero-order valence-electron chi connectivity index (χ0n) is 29.1. The molecule has 0 saturated heterocycles. The van der Waals surface area contributed by atoms with Crippen molar-refractivity contribution in [3.8, 4) is 0 Å². The summed E-state index contributed by atoms with van der Waals surface area (Å²) in [5.41, 5.74) is 0.343. The fourth-order valence-corrected chi connectivity index (χ4v) is 6.34. The molecule has 0 spiro atoms. The maximum atomic E-state index is 13.8. The van der Waals surface area contributed by atoms with Crippen molar-refractivity contribution in [2.24, 2.45) is 23.7 Å². The number of aliphatic hydroxyl groups excluding tert-OH is 1. The predicted octanol–water partition coefficient (Wildman–Crippen LogP) is 2.90. The van der Waals surface area contributed by atoms with Crippen LogP contribution in [-0.4, -0.2) is 95.2 Å². The standard InChI is InChI=1S/C36H53N5O9/c1-22(2)21-50-36(49)40-30(25-9-5-3-6-10-25)28(42)20-41(19-24-15-16-24)35(48)38-27(17-23-13-14-23)32(44)33(45)37-18-29(43)39-31(34(46)47)26-11-7-4-8-12-26/h4,7-8,11-12,22-25,27-28,30-31,42H,3,5-6,9-10,13-21H2,1-2H3,(H,37,45)(H,38,48)(H,39,43)(H,40,49)(H,46,47)/t27?,28-,30-,31-/m0/s1. The average Bonchev–Trinajstić information content (AvgIpc) is 4.04. The zero-order chi connectivity index (χ0) is 36.2. The molecule has 0 aromatic heterocycles. The van der Waals surface area contributed by atoms with Crippen LogP contribution < -0.4 is 21.3 Å². The van der Waals surface area contributed by atoms with Crippen LogP contribution in [0.1, 0.15) is 89.7 Å². The minimum absolute atomic E-state index is 0.0137. The first-order valence-corrected chi connectivity index (χ1v) is 18.0. The molecule has 0 bridgehead atoms. The summed E-state index contributed by atoms with van der Waals surface area (Å²) < 4.78 is 5.35. The lowest BCUT2D eigenvalue weighted by Gasteiger charge is -2.36. The van der Waals surface area contributed by atoms with Crippen molar-refractivity contribution >= 4 is 35.7 Å². The Labute approximate surface area is 293 Å². The molecule has 6 N–H and O–H groups in total. The molecule has 3 aliphatic rings. The summed E-state index contributed by atoms with van der Waals surface area (Å²) in [4.78, 5) is 78.5. The van der Waals surface area contributed by atoms with Gasteiger partial charge < -0.3 is 41.1 Å². The number of aliphatic hydroxyl groups is 1. The molecular weight excluding hydrogens is 646 g/mol. The first-order valence-electron chi connectivity index (χ1n) is 18.0. The Kier molecular flexibility index (Phi) is 14.4. The monoisotopic (exact) mass is 699 g/mol. The van der Waals surface area contributed by atoms with E-state index in [-0.39, 0.29) is 43.2 Å². The number of carbonyl (C=O) groups excluding carboxylic acids is 5. The topological polar surface area (TPSA) is 203 Å². The SMILES string of the molecule is CC(C)COC(=O)N[C@@H](C1CCCCC1)[C@@H](O)CN(CC1CC1)C(=O)NC(CC1CC1)C(=O)C(=O)NCC(=O)N[C@H](C(=O)O)c1ccccc1. The predicted molar refractivity (Wildman–Crippen MR) is 183 cm³/mol. The van der Waals surface area contributed by atoms with E-state index in [1.807, 2.05) is 13.8 Å². The number of ketones is 1. The van der Waals surface area contributed by atoms with E-state index in [1.165, 1.54) is 4.90 Å². The van der Waals surface area contributed by atoms with Crippen LogP contribution in [0.5, 0.6) is 0 Å². The third-order valence-corrected chi connectivity index (χ3v) is 9.47. The number of Topliss-reactive ketones (excluding diaryl/α,β-unsaturated/α-hetero) is 1. The van der Waals surface area contributed by atoms with E-state index in [1.54, 1.807) is 30.3 Å². The van der Waals surface area contributed by atoms with Gasteiger partial charge in [0.05, 0.1) is 37.9 Å². The Morgan fingerprint density at radius 2 is 1.54 bits per heavy atom. The summed E-state index contributed by atoms with van der Waals surface area (Å²) in [6.45, 7) is 3.72. The van der Waals surface area contributed by atoms with Crippen LogP contribution in [0.4, 0.5) is 9.59 Å². The summed E-state index contributed by atoms with van der Waals surface area (Å²) in [5.74, 6) is -3.52. The van der Waals surface area contributed by atoms with Gasteiger partial charge >= 0.3 is 18.1 Å². The van der Waals surface area contributed by atoms with E-state index < -0.39 is 66.5 Å². The maximum Gasteiger partial charge on any atom is 0.407 e. The van der Waals surface area contributed by atoms with Gasteiger partial charge in [-0.3, -0.25) is 14.4 Å². The first kappa shape index (κ1) is 38.6. The van der Waals surface area contributed by atoms with Gasteiger partial charge in [0.2, 0.25) is 11.7 Å². The van der Waals surface area contributed by atoms with E-state index in [9.17, 15) is 39.0 Å². The van der Waals surface area contributed by atoms with Gasteiger partial charge in [0, 0.05) is 6.54 Å². The summed E-state index contributed by atoms with van der Waals surface area (Å²) in [5, 5.41) is 31.3. The van der Waals surface area contributed by atoms with Crippen molar-refractivity contribution in [1.82, 2.24) is 26.2 Å². The molecular formula is C36H53N5O9. The van der Waals surface area contributed by atoms with Crippen molar-refractivity contribution in [3.05, 3.63) is 35.9 Å². The van der Waals surface area contributed by atoms with E-state index in [2.05, 4.69) is 21.3 Å². The minimum Gasteiger partial charge on any atom is -0.479 e. The van der Waals surface area contributed by atoms with Gasteiger partial charge in [-0.15, -0.1) is 0 Å². The molecule has 1 aromatic carbocycles. The number of aliphatic carboxylic acids is 1. The van der Waals surface area contributed by atoms with Crippen LogP contribution in [0, 0.1) is 23.7 Å². The normalized spacial score (nSPS) is 18.6. The van der Waals surface area contributed by atoms with E-state index in [4.69, 9.17) is 4.74 Å². The summed E-state index contributed by atoms with van der Waals surface area (Å²) in [6.07, 6.45) is 6.78. The van der Waals surface area contributed by atoms with Crippen LogP contribution >= 0.6 is 0 Å². The van der Waals surface area contributed by atoms with Gasteiger partial charge in [0.25, 0.3) is 5.91 Å². The molecule has 3 fully saturated rings. The maximum absolute atomic E-state index is 13.8. The number of carboxylic acids is 1. The van der Waals surface area contributed by atoms with E-state index in [0.29, 0.717) is 12.1 Å². The van der Waals surface area contributed by atoms with E-state index >= 15 is 0 Å². The third kappa shape index (κ3) is 12.6. The number of carboxylic acid groups (broad SMARTS) is 1. The number of nitrogens with one attached hydrogen (secondary N) is 4. The highest BCUT2D eigenvalue weighted by atomic mass is 16.5. The number of carbonyl (C=O) groups is 6. The fraction of sp³-hybridized carbons (Fsp3) is 0.667. The number of urea groups is 1. The number of ether oxygens (including phenoxy) is 1. The highest BCUT2D eigenvalue weighted by Crippen LogP contribution is 2.34. The molecule has 0 heterocycles. The third-order valence-electron chi connectivity index (χ3n) is 9.47. The summed E-state index contributed by atoms with van der Waals surface area (Å²) in [7, 11) is 0. The molecule has 4 rings (SSSR count). The van der Waals surface area contributed by atoms with Crippen molar-refractivity contribution < 1.29 is 43.7 Å². The van der Waals surface area contributed by atoms with Crippen LogP contribution in [0.25, 0.3) is 0 Å². The van der Waals surface area contributed by atoms with Gasteiger partial charge in [0.1, 0.15) is 0 Å². The summed E-state index contributed by atoms with van der Waals surface area (Å²) >= 11 is 0. The second-order valence-corrected chi connectivity index (χ2v) is 14.5. The molecule has 0 aliphatic heterocycles. The fourth-order valence-electron chi connectivity index (χ4n) is 6.34. The lowest BCUT2D eigenvalue weighted by molar-refractivity contribution is -0.142. The molecule has 50 heavy (non-hydrogen) atoms. The number of amides is 5. The molecule has 3 saturated carbocycles. The second-order valence-electron chi connectivity index (χ2n) is 14.5. The molecule has 1 unspecified atom stereocenters. The van der Waals surface area contributed by atoms with Gasteiger partial charge in [0.15, 0.2) is 6.04 Å². The molecule has 14 heteroatoms. The van der Waals surface area contributed by atoms with Gasteiger partial charge in [-0.05, 0) is 61.3 Å².